The quantitative estimate of drug-likeness (QED) is 0.856. The van der Waals surface area contributed by atoms with Crippen LogP contribution in [0.1, 0.15) is 51.3 Å². The van der Waals surface area contributed by atoms with Gasteiger partial charge in [-0.25, -0.2) is 4.98 Å². The van der Waals surface area contributed by atoms with Crippen molar-refractivity contribution < 1.29 is 0 Å². The third-order valence-corrected chi connectivity index (χ3v) is 4.20. The second-order valence-electron chi connectivity index (χ2n) is 5.94. The number of imidazole rings is 1. The first-order chi connectivity index (χ1) is 9.18. The molecule has 19 heavy (non-hydrogen) atoms. The molecule has 4 heteroatoms. The van der Waals surface area contributed by atoms with Crippen LogP contribution in [0.3, 0.4) is 0 Å². The molecule has 0 radical (unpaired) electrons. The Morgan fingerprint density at radius 2 is 2.32 bits per heavy atom. The molecule has 1 atom stereocenters. The van der Waals surface area contributed by atoms with E-state index in [1.54, 1.807) is 0 Å². The van der Waals surface area contributed by atoms with Crippen LogP contribution in [0.15, 0.2) is 12.5 Å². The Morgan fingerprint density at radius 1 is 1.47 bits per heavy atom. The highest BCUT2D eigenvalue weighted by atomic mass is 15.1. The highest BCUT2D eigenvalue weighted by Gasteiger charge is 2.18. The number of hydrogen-bond donors (Lipinski definition) is 1. The van der Waals surface area contributed by atoms with Gasteiger partial charge in [-0.3, -0.25) is 0 Å². The summed E-state index contributed by atoms with van der Waals surface area (Å²) in [4.78, 5) is 6.74. The first kappa shape index (κ1) is 14.5. The molecule has 0 spiro atoms. The molecular weight excluding hydrogens is 236 g/mol. The molecule has 2 rings (SSSR count). The monoisotopic (exact) mass is 264 g/mol. The van der Waals surface area contributed by atoms with Crippen molar-refractivity contribution in [2.45, 2.75) is 58.2 Å². The maximum atomic E-state index is 4.34. The number of nitrogens with one attached hydrogen (secondary N) is 1. The maximum Gasteiger partial charge on any atom is 0.0948 e. The minimum atomic E-state index is 0.513. The summed E-state index contributed by atoms with van der Waals surface area (Å²) in [5.74, 6) is 0. The summed E-state index contributed by atoms with van der Waals surface area (Å²) >= 11 is 0. The van der Waals surface area contributed by atoms with Crippen molar-refractivity contribution in [3.63, 3.8) is 0 Å². The highest BCUT2D eigenvalue weighted by molar-refractivity contribution is 5.06. The molecule has 1 saturated heterocycles. The van der Waals surface area contributed by atoms with Gasteiger partial charge in [0.15, 0.2) is 0 Å². The van der Waals surface area contributed by atoms with Crippen LogP contribution >= 0.6 is 0 Å². The topological polar surface area (TPSA) is 33.1 Å². The summed E-state index contributed by atoms with van der Waals surface area (Å²) in [6, 6.07) is 1.14. The molecule has 0 aliphatic carbocycles. The van der Waals surface area contributed by atoms with E-state index < -0.39 is 0 Å². The molecule has 1 fully saturated rings. The van der Waals surface area contributed by atoms with Crippen LogP contribution < -0.4 is 5.32 Å². The number of aromatic nitrogens is 2. The predicted octanol–water partition coefficient (Wildman–Crippen LogP) is 2.43. The van der Waals surface area contributed by atoms with E-state index in [0.29, 0.717) is 12.1 Å². The lowest BCUT2D eigenvalue weighted by Gasteiger charge is -2.25. The van der Waals surface area contributed by atoms with Crippen molar-refractivity contribution in [1.29, 1.82) is 0 Å². The average Bonchev–Trinajstić information content (AvgIpc) is 2.88. The third kappa shape index (κ3) is 4.05. The number of rotatable bonds is 6. The lowest BCUT2D eigenvalue weighted by atomic mass is 10.0. The van der Waals surface area contributed by atoms with Gasteiger partial charge < -0.3 is 14.8 Å². The Kier molecular flexibility index (Phi) is 5.40. The molecule has 1 aromatic heterocycles. The highest BCUT2D eigenvalue weighted by Crippen LogP contribution is 2.22. The molecule has 1 unspecified atom stereocenters. The Balaban J connectivity index is 1.85. The molecule has 2 heterocycles. The second kappa shape index (κ2) is 7.06. The van der Waals surface area contributed by atoms with Crippen molar-refractivity contribution >= 4 is 0 Å². The van der Waals surface area contributed by atoms with Gasteiger partial charge in [-0.1, -0.05) is 6.42 Å². The normalized spacial score (nSPS) is 20.4. The summed E-state index contributed by atoms with van der Waals surface area (Å²) in [5.41, 5.74) is 1.37. The van der Waals surface area contributed by atoms with Gasteiger partial charge >= 0.3 is 0 Å². The van der Waals surface area contributed by atoms with Crippen molar-refractivity contribution in [3.8, 4) is 0 Å². The summed E-state index contributed by atoms with van der Waals surface area (Å²) < 4.78 is 2.33. The van der Waals surface area contributed by atoms with Crippen LogP contribution in [-0.4, -0.2) is 40.6 Å². The molecule has 0 amide bonds. The zero-order chi connectivity index (χ0) is 13.7. The third-order valence-electron chi connectivity index (χ3n) is 4.20. The maximum absolute atomic E-state index is 4.34. The predicted molar refractivity (Wildman–Crippen MR) is 79.2 cm³/mol. The van der Waals surface area contributed by atoms with Crippen LogP contribution in [0.4, 0.5) is 0 Å². The Hall–Kier alpha value is -0.870. The van der Waals surface area contributed by atoms with E-state index in [4.69, 9.17) is 0 Å². The van der Waals surface area contributed by atoms with E-state index in [-0.39, 0.29) is 0 Å². The summed E-state index contributed by atoms with van der Waals surface area (Å²) in [6.07, 6.45) is 9.10. The molecule has 1 aliphatic heterocycles. The van der Waals surface area contributed by atoms with Gasteiger partial charge in [0.2, 0.25) is 0 Å². The molecular formula is C15H28N4. The molecule has 1 aliphatic rings. The number of nitrogens with zero attached hydrogens (tertiary/aromatic N) is 3. The van der Waals surface area contributed by atoms with Crippen molar-refractivity contribution in [2.75, 3.05) is 20.1 Å². The van der Waals surface area contributed by atoms with E-state index in [1.165, 1.54) is 31.4 Å². The molecule has 1 N–H and O–H groups in total. The van der Waals surface area contributed by atoms with E-state index >= 15 is 0 Å². The Morgan fingerprint density at radius 3 is 3.00 bits per heavy atom. The van der Waals surface area contributed by atoms with E-state index in [1.807, 2.05) is 12.5 Å². The van der Waals surface area contributed by atoms with Crippen LogP contribution in [0.5, 0.6) is 0 Å². The Bertz CT molecular complexity index is 366. The minimum Gasteiger partial charge on any atom is -0.333 e. The SMILES string of the molecule is CC(C)N(C)CCCn1cncc1C1CCCCN1. The van der Waals surface area contributed by atoms with Crippen LogP contribution in [0.2, 0.25) is 0 Å². The lowest BCUT2D eigenvalue weighted by molar-refractivity contribution is 0.264. The Labute approximate surface area is 117 Å². The second-order valence-corrected chi connectivity index (χ2v) is 5.94. The van der Waals surface area contributed by atoms with Gasteiger partial charge in [0.05, 0.1) is 12.0 Å². The lowest BCUT2D eigenvalue weighted by Crippen LogP contribution is -2.30. The number of piperidine rings is 1. The summed E-state index contributed by atoms with van der Waals surface area (Å²) in [5, 5.41) is 3.61. The minimum absolute atomic E-state index is 0.513. The smallest absolute Gasteiger partial charge is 0.0948 e. The number of aryl methyl sites for hydroxylation is 1. The fraction of sp³-hybridized carbons (Fsp3) is 0.800. The first-order valence-electron chi connectivity index (χ1n) is 7.62. The first-order valence-corrected chi connectivity index (χ1v) is 7.62. The molecule has 0 aromatic carbocycles. The molecule has 4 nitrogen and oxygen atoms in total. The molecule has 0 bridgehead atoms. The van der Waals surface area contributed by atoms with E-state index in [9.17, 15) is 0 Å². The van der Waals surface area contributed by atoms with Crippen molar-refractivity contribution in [2.24, 2.45) is 0 Å². The van der Waals surface area contributed by atoms with Crippen molar-refractivity contribution in [1.82, 2.24) is 19.8 Å². The van der Waals surface area contributed by atoms with Crippen LogP contribution in [-0.2, 0) is 6.54 Å². The molecule has 1 aromatic rings. The van der Waals surface area contributed by atoms with Crippen LogP contribution in [0, 0.1) is 0 Å². The molecule has 108 valence electrons. The fourth-order valence-corrected chi connectivity index (χ4v) is 2.66. The standard InChI is InChI=1S/C15H28N4/c1-13(2)18(3)9-6-10-19-12-16-11-15(19)14-7-4-5-8-17-14/h11-14,17H,4-10H2,1-3H3. The van der Waals surface area contributed by atoms with Crippen molar-refractivity contribution in [3.05, 3.63) is 18.2 Å². The zero-order valence-corrected chi connectivity index (χ0v) is 12.6. The van der Waals surface area contributed by atoms with E-state index in [2.05, 4.69) is 40.7 Å². The summed E-state index contributed by atoms with van der Waals surface area (Å²) in [7, 11) is 2.20. The van der Waals surface area contributed by atoms with Gasteiger partial charge in [0, 0.05) is 24.8 Å². The fourth-order valence-electron chi connectivity index (χ4n) is 2.66. The van der Waals surface area contributed by atoms with E-state index in [0.717, 1.165) is 19.6 Å². The van der Waals surface area contributed by atoms with Gasteiger partial charge in [0.25, 0.3) is 0 Å². The van der Waals surface area contributed by atoms with Gasteiger partial charge in [-0.05, 0) is 53.2 Å². The van der Waals surface area contributed by atoms with Gasteiger partial charge in [-0.2, -0.15) is 0 Å². The molecule has 0 saturated carbocycles. The number of hydrogen-bond acceptors (Lipinski definition) is 3. The van der Waals surface area contributed by atoms with Crippen LogP contribution in [0.25, 0.3) is 0 Å². The zero-order valence-electron chi connectivity index (χ0n) is 12.6. The van der Waals surface area contributed by atoms with Gasteiger partial charge in [-0.15, -0.1) is 0 Å². The van der Waals surface area contributed by atoms with Gasteiger partial charge in [0.1, 0.15) is 0 Å². The summed E-state index contributed by atoms with van der Waals surface area (Å²) in [6.45, 7) is 7.85. The average molecular weight is 264 g/mol. The largest absolute Gasteiger partial charge is 0.333 e.